The van der Waals surface area contributed by atoms with E-state index in [9.17, 15) is 18.5 Å². The molecule has 0 aliphatic rings. The van der Waals surface area contributed by atoms with Gasteiger partial charge in [0.05, 0.1) is 22.1 Å². The summed E-state index contributed by atoms with van der Waals surface area (Å²) in [7, 11) is -3.85. The van der Waals surface area contributed by atoms with E-state index < -0.39 is 14.9 Å². The van der Waals surface area contributed by atoms with Crippen molar-refractivity contribution in [1.29, 1.82) is 0 Å². The van der Waals surface area contributed by atoms with Crippen LogP contribution in [0.1, 0.15) is 16.8 Å². The number of hydrogen-bond donors (Lipinski definition) is 2. The van der Waals surface area contributed by atoms with Gasteiger partial charge in [0.2, 0.25) is 10.0 Å². The van der Waals surface area contributed by atoms with E-state index in [-0.39, 0.29) is 17.1 Å². The molecule has 2 rings (SSSR count). The van der Waals surface area contributed by atoms with Crippen LogP contribution in [0.5, 0.6) is 0 Å². The maximum Gasteiger partial charge on any atom is 0.271 e. The molecule has 0 aliphatic carbocycles. The van der Waals surface area contributed by atoms with Crippen molar-refractivity contribution in [3.63, 3.8) is 0 Å². The van der Waals surface area contributed by atoms with E-state index in [4.69, 9.17) is 0 Å². The number of non-ortho nitro benzene ring substituents is 1. The van der Waals surface area contributed by atoms with Gasteiger partial charge >= 0.3 is 0 Å². The Balaban J connectivity index is 2.37. The molecule has 21 heavy (non-hydrogen) atoms. The van der Waals surface area contributed by atoms with Crippen LogP contribution in [-0.2, 0) is 16.6 Å². The highest BCUT2D eigenvalue weighted by atomic mass is 32.2. The first-order valence-electron chi connectivity index (χ1n) is 6.05. The van der Waals surface area contributed by atoms with Crippen LogP contribution in [0, 0.1) is 24.0 Å². The molecular weight excluding hydrogens is 296 g/mol. The molecule has 0 aliphatic heterocycles. The van der Waals surface area contributed by atoms with Gasteiger partial charge in [0.15, 0.2) is 0 Å². The smallest absolute Gasteiger partial charge is 0.271 e. The fraction of sp³-hybridized carbons (Fsp3) is 0.250. The highest BCUT2D eigenvalue weighted by Crippen LogP contribution is 2.25. The molecule has 2 aromatic rings. The van der Waals surface area contributed by atoms with Crippen LogP contribution in [0.4, 0.5) is 5.69 Å². The molecule has 112 valence electrons. The van der Waals surface area contributed by atoms with Crippen LogP contribution < -0.4 is 4.72 Å². The first-order chi connectivity index (χ1) is 9.81. The zero-order valence-corrected chi connectivity index (χ0v) is 12.3. The largest absolute Gasteiger partial charge is 0.281 e. The number of sulfonamides is 1. The molecule has 1 heterocycles. The Morgan fingerprint density at radius 3 is 2.67 bits per heavy atom. The Morgan fingerprint density at radius 1 is 1.38 bits per heavy atom. The molecule has 0 fully saturated rings. The number of aryl methyl sites for hydroxylation is 1. The van der Waals surface area contributed by atoms with E-state index in [0.29, 0.717) is 16.8 Å². The number of hydrogen-bond acceptors (Lipinski definition) is 5. The van der Waals surface area contributed by atoms with Gasteiger partial charge < -0.3 is 0 Å². The van der Waals surface area contributed by atoms with Crippen molar-refractivity contribution in [1.82, 2.24) is 14.9 Å². The van der Waals surface area contributed by atoms with Crippen LogP contribution in [0.25, 0.3) is 0 Å². The summed E-state index contributed by atoms with van der Waals surface area (Å²) in [6, 6.07) is 4.05. The summed E-state index contributed by atoms with van der Waals surface area (Å²) in [5, 5.41) is 17.2. The molecule has 0 radical (unpaired) electrons. The van der Waals surface area contributed by atoms with E-state index in [1.54, 1.807) is 19.9 Å². The lowest BCUT2D eigenvalue weighted by Crippen LogP contribution is -2.24. The summed E-state index contributed by atoms with van der Waals surface area (Å²) in [6.45, 7) is 3.28. The topological polar surface area (TPSA) is 118 Å². The second kappa shape index (κ2) is 5.62. The van der Waals surface area contributed by atoms with E-state index >= 15 is 0 Å². The number of benzene rings is 1. The first-order valence-corrected chi connectivity index (χ1v) is 7.53. The summed E-state index contributed by atoms with van der Waals surface area (Å²) in [5.41, 5.74) is 1.38. The zero-order valence-electron chi connectivity index (χ0n) is 11.5. The molecular formula is C12H14N4O4S. The minimum absolute atomic E-state index is 0.0313. The molecule has 2 N–H and O–H groups in total. The predicted octanol–water partition coefficient (Wildman–Crippen LogP) is 1.41. The average molecular weight is 310 g/mol. The molecule has 0 saturated carbocycles. The summed E-state index contributed by atoms with van der Waals surface area (Å²) in [5.74, 6) is 0. The quantitative estimate of drug-likeness (QED) is 0.639. The van der Waals surface area contributed by atoms with Gasteiger partial charge in [0.1, 0.15) is 0 Å². The number of nitrogens with zero attached hydrogens (tertiary/aromatic N) is 2. The number of nitro groups is 1. The van der Waals surface area contributed by atoms with E-state index in [0.717, 1.165) is 6.07 Å². The maximum atomic E-state index is 12.3. The van der Waals surface area contributed by atoms with Crippen molar-refractivity contribution in [3.05, 3.63) is 51.3 Å². The van der Waals surface area contributed by atoms with Gasteiger partial charge in [-0.1, -0.05) is 0 Å². The molecule has 0 amide bonds. The molecule has 0 spiro atoms. The van der Waals surface area contributed by atoms with Crippen LogP contribution in [0.3, 0.4) is 0 Å². The average Bonchev–Trinajstić information content (AvgIpc) is 2.92. The monoisotopic (exact) mass is 310 g/mol. The Hall–Kier alpha value is -2.26. The number of rotatable bonds is 5. The third kappa shape index (κ3) is 3.26. The maximum absolute atomic E-state index is 12.3. The highest BCUT2D eigenvalue weighted by molar-refractivity contribution is 7.89. The third-order valence-electron chi connectivity index (χ3n) is 3.12. The van der Waals surface area contributed by atoms with E-state index in [2.05, 4.69) is 14.9 Å². The third-order valence-corrected chi connectivity index (χ3v) is 4.64. The van der Waals surface area contributed by atoms with Crippen molar-refractivity contribution in [2.24, 2.45) is 0 Å². The molecule has 9 heteroatoms. The molecule has 0 bridgehead atoms. The van der Waals surface area contributed by atoms with Gasteiger partial charge in [-0.15, -0.1) is 0 Å². The normalized spacial score (nSPS) is 11.5. The van der Waals surface area contributed by atoms with Crippen LogP contribution in [0.2, 0.25) is 0 Å². The fourth-order valence-corrected chi connectivity index (χ4v) is 3.17. The summed E-state index contributed by atoms with van der Waals surface area (Å²) >= 11 is 0. The van der Waals surface area contributed by atoms with Gasteiger partial charge in [-0.05, 0) is 31.0 Å². The number of aromatic amines is 1. The van der Waals surface area contributed by atoms with Crippen LogP contribution in [-0.4, -0.2) is 23.5 Å². The summed E-state index contributed by atoms with van der Waals surface area (Å²) < 4.78 is 27.0. The number of aromatic nitrogens is 2. The Kier molecular flexibility index (Phi) is 4.05. The minimum atomic E-state index is -3.85. The molecule has 1 aromatic carbocycles. The Labute approximate surface area is 121 Å². The van der Waals surface area contributed by atoms with Gasteiger partial charge in [0, 0.05) is 18.3 Å². The highest BCUT2D eigenvalue weighted by Gasteiger charge is 2.22. The van der Waals surface area contributed by atoms with Crippen molar-refractivity contribution in [3.8, 4) is 0 Å². The lowest BCUT2D eigenvalue weighted by molar-refractivity contribution is -0.385. The van der Waals surface area contributed by atoms with Crippen molar-refractivity contribution >= 4 is 15.7 Å². The van der Waals surface area contributed by atoms with Gasteiger partial charge in [-0.2, -0.15) is 5.10 Å². The number of H-pyrrole nitrogens is 1. The molecule has 0 atom stereocenters. The van der Waals surface area contributed by atoms with Crippen molar-refractivity contribution in [2.75, 3.05) is 0 Å². The minimum Gasteiger partial charge on any atom is -0.281 e. The van der Waals surface area contributed by atoms with Crippen molar-refractivity contribution in [2.45, 2.75) is 25.3 Å². The van der Waals surface area contributed by atoms with Crippen molar-refractivity contribution < 1.29 is 13.3 Å². The van der Waals surface area contributed by atoms with Gasteiger partial charge in [-0.25, -0.2) is 13.1 Å². The molecule has 8 nitrogen and oxygen atoms in total. The number of nitro benzene ring substituents is 1. The van der Waals surface area contributed by atoms with Crippen LogP contribution in [0.15, 0.2) is 29.3 Å². The SMILES string of the molecule is Cc1cc([N+](=O)[O-])cc(S(=O)(=O)NCc2ccn[nH]2)c1C. The van der Waals surface area contributed by atoms with Crippen LogP contribution >= 0.6 is 0 Å². The molecule has 0 unspecified atom stereocenters. The van der Waals surface area contributed by atoms with Gasteiger partial charge in [-0.3, -0.25) is 15.2 Å². The second-order valence-electron chi connectivity index (χ2n) is 4.55. The fourth-order valence-electron chi connectivity index (χ4n) is 1.83. The number of nitrogens with one attached hydrogen (secondary N) is 2. The second-order valence-corrected chi connectivity index (χ2v) is 6.28. The Morgan fingerprint density at radius 2 is 2.10 bits per heavy atom. The van der Waals surface area contributed by atoms with E-state index in [1.165, 1.54) is 12.3 Å². The lowest BCUT2D eigenvalue weighted by Gasteiger charge is -2.10. The summed E-state index contributed by atoms with van der Waals surface area (Å²) in [4.78, 5) is 10.2. The van der Waals surface area contributed by atoms with Gasteiger partial charge in [0.25, 0.3) is 5.69 Å². The summed E-state index contributed by atoms with van der Waals surface area (Å²) in [6.07, 6.45) is 1.51. The standard InChI is InChI=1S/C12H14N4O4S/c1-8-5-11(16(17)18)6-12(9(8)2)21(19,20)14-7-10-3-4-13-15-10/h3-6,14H,7H2,1-2H3,(H,13,15). The first kappa shape index (κ1) is 15.1. The molecule has 1 aromatic heterocycles. The zero-order chi connectivity index (χ0) is 15.6. The predicted molar refractivity (Wildman–Crippen MR) is 75.2 cm³/mol. The van der Waals surface area contributed by atoms with E-state index in [1.807, 2.05) is 0 Å². The lowest BCUT2D eigenvalue weighted by atomic mass is 10.1. The Bertz CT molecular complexity index is 769. The molecule has 0 saturated heterocycles.